The first-order valence-electron chi connectivity index (χ1n) is 7.16. The molecule has 0 spiro atoms. The Balaban J connectivity index is 1.99. The van der Waals surface area contributed by atoms with Gasteiger partial charge in [-0.1, -0.05) is 12.1 Å². The molecule has 23 heavy (non-hydrogen) atoms. The molecule has 120 valence electrons. The number of β-amino-alcohol motifs (C(OH)–C–C–N with tert-alkyl or cyclic N) is 1. The predicted octanol–water partition coefficient (Wildman–Crippen LogP) is 3.05. The number of likely N-dealkylation sites (tertiary alicyclic amines) is 1. The summed E-state index contributed by atoms with van der Waals surface area (Å²) in [6.45, 7) is -0.0617. The second-order valence-electron chi connectivity index (χ2n) is 5.51. The molecule has 1 heterocycles. The molecular weight excluding hydrogens is 307 g/mol. The average Bonchev–Trinajstić information content (AvgIpc) is 2.91. The Morgan fingerprint density at radius 2 is 1.83 bits per heavy atom. The van der Waals surface area contributed by atoms with Gasteiger partial charge in [-0.15, -0.1) is 0 Å². The Kier molecular flexibility index (Phi) is 4.09. The molecule has 1 fully saturated rings. The smallest absolute Gasteiger partial charge is 0.257 e. The Morgan fingerprint density at radius 1 is 1.09 bits per heavy atom. The second kappa shape index (κ2) is 6.04. The van der Waals surface area contributed by atoms with Crippen molar-refractivity contribution in [3.8, 4) is 0 Å². The van der Waals surface area contributed by atoms with E-state index in [0.717, 1.165) is 24.3 Å². The van der Waals surface area contributed by atoms with Gasteiger partial charge in [0.25, 0.3) is 5.91 Å². The van der Waals surface area contributed by atoms with Crippen LogP contribution in [-0.4, -0.2) is 28.6 Å². The van der Waals surface area contributed by atoms with Gasteiger partial charge in [0.15, 0.2) is 0 Å². The highest BCUT2D eigenvalue weighted by Gasteiger charge is 2.37. The van der Waals surface area contributed by atoms with Crippen molar-refractivity contribution in [1.82, 2.24) is 4.90 Å². The summed E-state index contributed by atoms with van der Waals surface area (Å²) in [6.07, 6.45) is -0.806. The fourth-order valence-electron chi connectivity index (χ4n) is 2.89. The van der Waals surface area contributed by atoms with Gasteiger partial charge in [-0.05, 0) is 36.8 Å². The SMILES string of the molecule is O=C(c1ccccc1F)N1CC(O)CC1c1cc(F)ccc1F. The van der Waals surface area contributed by atoms with E-state index in [1.54, 1.807) is 0 Å². The summed E-state index contributed by atoms with van der Waals surface area (Å²) in [5.74, 6) is -2.66. The van der Waals surface area contributed by atoms with E-state index in [2.05, 4.69) is 0 Å². The molecule has 1 N–H and O–H groups in total. The van der Waals surface area contributed by atoms with Crippen LogP contribution in [0.25, 0.3) is 0 Å². The third-order valence-electron chi connectivity index (χ3n) is 3.96. The minimum Gasteiger partial charge on any atom is -0.391 e. The van der Waals surface area contributed by atoms with Gasteiger partial charge < -0.3 is 10.0 Å². The molecule has 6 heteroatoms. The van der Waals surface area contributed by atoms with E-state index in [1.807, 2.05) is 0 Å². The zero-order chi connectivity index (χ0) is 16.6. The number of aliphatic hydroxyl groups excluding tert-OH is 1. The third-order valence-corrected chi connectivity index (χ3v) is 3.96. The van der Waals surface area contributed by atoms with Gasteiger partial charge in [-0.3, -0.25) is 4.79 Å². The summed E-state index contributed by atoms with van der Waals surface area (Å²) < 4.78 is 41.2. The molecule has 2 atom stereocenters. The minimum absolute atomic E-state index is 0.0220. The quantitative estimate of drug-likeness (QED) is 0.923. The molecule has 0 bridgehead atoms. The van der Waals surface area contributed by atoms with Crippen LogP contribution in [0.4, 0.5) is 13.2 Å². The number of rotatable bonds is 2. The first-order chi connectivity index (χ1) is 11.0. The summed E-state index contributed by atoms with van der Waals surface area (Å²) in [7, 11) is 0. The minimum atomic E-state index is -0.876. The van der Waals surface area contributed by atoms with Gasteiger partial charge in [0.05, 0.1) is 17.7 Å². The summed E-state index contributed by atoms with van der Waals surface area (Å²) in [6, 6.07) is 7.55. The van der Waals surface area contributed by atoms with Crippen molar-refractivity contribution in [2.24, 2.45) is 0 Å². The average molecular weight is 321 g/mol. The first-order valence-corrected chi connectivity index (χ1v) is 7.16. The number of amides is 1. The number of halogens is 3. The lowest BCUT2D eigenvalue weighted by Gasteiger charge is -2.25. The van der Waals surface area contributed by atoms with Crippen molar-refractivity contribution >= 4 is 5.91 Å². The standard InChI is InChI=1S/C17H14F3NO2/c18-10-5-6-15(20)13(7-10)16-8-11(22)9-21(16)17(23)12-3-1-2-4-14(12)19/h1-7,11,16,22H,8-9H2. The van der Waals surface area contributed by atoms with Crippen molar-refractivity contribution < 1.29 is 23.1 Å². The first kappa shape index (κ1) is 15.6. The van der Waals surface area contributed by atoms with Crippen LogP contribution in [0, 0.1) is 17.5 Å². The molecule has 3 nitrogen and oxygen atoms in total. The largest absolute Gasteiger partial charge is 0.391 e. The molecule has 1 aliphatic rings. The van der Waals surface area contributed by atoms with Crippen molar-refractivity contribution in [3.05, 3.63) is 71.0 Å². The predicted molar refractivity (Wildman–Crippen MR) is 77.2 cm³/mol. The number of carbonyl (C=O) groups is 1. The van der Waals surface area contributed by atoms with Crippen LogP contribution in [0.5, 0.6) is 0 Å². The molecule has 1 aliphatic heterocycles. The lowest BCUT2D eigenvalue weighted by molar-refractivity contribution is 0.0709. The number of nitrogens with zero attached hydrogens (tertiary/aromatic N) is 1. The Hall–Kier alpha value is -2.34. The Morgan fingerprint density at radius 3 is 2.57 bits per heavy atom. The van der Waals surface area contributed by atoms with Crippen LogP contribution in [0.15, 0.2) is 42.5 Å². The summed E-state index contributed by atoms with van der Waals surface area (Å²) in [4.78, 5) is 13.7. The molecule has 1 amide bonds. The van der Waals surface area contributed by atoms with E-state index in [4.69, 9.17) is 0 Å². The monoisotopic (exact) mass is 321 g/mol. The molecule has 2 aromatic rings. The number of aliphatic hydroxyl groups is 1. The molecule has 3 rings (SSSR count). The molecule has 2 aromatic carbocycles. The highest BCUT2D eigenvalue weighted by molar-refractivity contribution is 5.95. The van der Waals surface area contributed by atoms with Crippen LogP contribution in [0.2, 0.25) is 0 Å². The van der Waals surface area contributed by atoms with E-state index in [9.17, 15) is 23.1 Å². The molecule has 1 saturated heterocycles. The maximum Gasteiger partial charge on any atom is 0.257 e. The highest BCUT2D eigenvalue weighted by Crippen LogP contribution is 2.35. The van der Waals surface area contributed by atoms with Crippen molar-refractivity contribution in [2.75, 3.05) is 6.54 Å². The second-order valence-corrected chi connectivity index (χ2v) is 5.51. The highest BCUT2D eigenvalue weighted by atomic mass is 19.1. The van der Waals surface area contributed by atoms with Crippen LogP contribution < -0.4 is 0 Å². The number of carbonyl (C=O) groups excluding carboxylic acids is 1. The van der Waals surface area contributed by atoms with Crippen molar-refractivity contribution in [1.29, 1.82) is 0 Å². The lowest BCUT2D eigenvalue weighted by atomic mass is 10.0. The summed E-state index contributed by atoms with van der Waals surface area (Å²) in [5, 5.41) is 9.85. The Bertz CT molecular complexity index is 750. The van der Waals surface area contributed by atoms with Crippen molar-refractivity contribution in [3.63, 3.8) is 0 Å². The van der Waals surface area contributed by atoms with Crippen LogP contribution >= 0.6 is 0 Å². The Labute approximate surface area is 131 Å². The maximum atomic E-state index is 14.0. The van der Waals surface area contributed by atoms with E-state index < -0.39 is 35.5 Å². The zero-order valence-corrected chi connectivity index (χ0v) is 12.0. The maximum absolute atomic E-state index is 14.0. The molecule has 0 aliphatic carbocycles. The van der Waals surface area contributed by atoms with E-state index in [1.165, 1.54) is 23.1 Å². The van der Waals surface area contributed by atoms with Gasteiger partial charge in [0.2, 0.25) is 0 Å². The van der Waals surface area contributed by atoms with Crippen LogP contribution in [0.3, 0.4) is 0 Å². The normalized spacial score (nSPS) is 20.8. The van der Waals surface area contributed by atoms with Gasteiger partial charge in [0.1, 0.15) is 17.5 Å². The fourth-order valence-corrected chi connectivity index (χ4v) is 2.89. The molecule has 0 radical (unpaired) electrons. The fraction of sp³-hybridized carbons (Fsp3) is 0.235. The number of hydrogen-bond acceptors (Lipinski definition) is 2. The topological polar surface area (TPSA) is 40.5 Å². The summed E-state index contributed by atoms with van der Waals surface area (Å²) in [5.41, 5.74) is -0.186. The molecular formula is C17H14F3NO2. The van der Waals surface area contributed by atoms with Gasteiger partial charge in [-0.2, -0.15) is 0 Å². The number of hydrogen-bond donors (Lipinski definition) is 1. The van der Waals surface area contributed by atoms with E-state index >= 15 is 0 Å². The van der Waals surface area contributed by atoms with Gasteiger partial charge in [0, 0.05) is 12.1 Å². The van der Waals surface area contributed by atoms with E-state index in [0.29, 0.717) is 0 Å². The molecule has 0 aromatic heterocycles. The zero-order valence-electron chi connectivity index (χ0n) is 12.0. The lowest BCUT2D eigenvalue weighted by Crippen LogP contribution is -2.32. The van der Waals surface area contributed by atoms with Crippen LogP contribution in [-0.2, 0) is 0 Å². The molecule has 2 unspecified atom stereocenters. The van der Waals surface area contributed by atoms with Crippen LogP contribution in [0.1, 0.15) is 28.4 Å². The number of benzene rings is 2. The molecule has 0 saturated carbocycles. The van der Waals surface area contributed by atoms with Gasteiger partial charge >= 0.3 is 0 Å². The van der Waals surface area contributed by atoms with E-state index in [-0.39, 0.29) is 24.1 Å². The summed E-state index contributed by atoms with van der Waals surface area (Å²) >= 11 is 0. The van der Waals surface area contributed by atoms with Gasteiger partial charge in [-0.25, -0.2) is 13.2 Å². The van der Waals surface area contributed by atoms with Crippen molar-refractivity contribution in [2.45, 2.75) is 18.6 Å². The third kappa shape index (κ3) is 2.94.